The highest BCUT2D eigenvalue weighted by Crippen LogP contribution is 2.22. The molecule has 1 heterocycles. The number of nitrogens with zero attached hydrogens (tertiary/aromatic N) is 2. The molecule has 0 aliphatic carbocycles. The number of ether oxygens (including phenoxy) is 1. The molecule has 0 bridgehead atoms. The Hall–Kier alpha value is -1.76. The number of aliphatic hydroxyl groups excluding tert-OH is 2. The van der Waals surface area contributed by atoms with Crippen LogP contribution in [0.5, 0.6) is 0 Å². The summed E-state index contributed by atoms with van der Waals surface area (Å²) in [5, 5.41) is 19.7. The van der Waals surface area contributed by atoms with Gasteiger partial charge in [-0.05, 0) is 17.7 Å². The summed E-state index contributed by atoms with van der Waals surface area (Å²) in [7, 11) is 1.13. The number of hydrogen-bond acceptors (Lipinski definition) is 6. The number of methoxy groups -OCH3 is 1. The molecule has 0 aliphatic heterocycles. The van der Waals surface area contributed by atoms with E-state index in [1.807, 2.05) is 0 Å². The molecule has 7 heteroatoms. The van der Waals surface area contributed by atoms with E-state index >= 15 is 0 Å². The second-order valence-corrected chi connectivity index (χ2v) is 4.24. The number of halogens is 1. The zero-order valence-corrected chi connectivity index (χ0v) is 10.7. The first-order chi connectivity index (χ1) is 9.02. The fraction of sp³-hybridized carbons (Fsp3) is 0.250. The van der Waals surface area contributed by atoms with Crippen LogP contribution in [-0.2, 0) is 9.53 Å². The van der Waals surface area contributed by atoms with Gasteiger partial charge in [-0.3, -0.25) is 4.98 Å². The van der Waals surface area contributed by atoms with Crippen molar-refractivity contribution in [3.63, 3.8) is 0 Å². The Morgan fingerprint density at radius 3 is 2.79 bits per heavy atom. The molecule has 100 valence electrons. The van der Waals surface area contributed by atoms with Crippen molar-refractivity contribution in [2.24, 2.45) is 0 Å². The number of fused-ring (bicyclic) bond motifs is 1. The quantitative estimate of drug-likeness (QED) is 0.811. The standard InChI is InChI=1S/C12H11ClN2O4/c1-19-12(18)11(17)10(16)6-2-3-7-8(4-6)15-9(13)5-14-7/h2-5,10-11,16-17H,1H3. The van der Waals surface area contributed by atoms with Gasteiger partial charge in [-0.1, -0.05) is 17.7 Å². The normalized spacial score (nSPS) is 14.1. The third-order valence-corrected chi connectivity index (χ3v) is 2.80. The average molecular weight is 283 g/mol. The lowest BCUT2D eigenvalue weighted by atomic mass is 10.0. The monoisotopic (exact) mass is 282 g/mol. The second-order valence-electron chi connectivity index (χ2n) is 3.85. The molecule has 6 nitrogen and oxygen atoms in total. The van der Waals surface area contributed by atoms with Gasteiger partial charge in [0.05, 0.1) is 24.3 Å². The molecule has 0 radical (unpaired) electrons. The Morgan fingerprint density at radius 1 is 1.37 bits per heavy atom. The van der Waals surface area contributed by atoms with Gasteiger partial charge in [-0.25, -0.2) is 9.78 Å². The lowest BCUT2D eigenvalue weighted by molar-refractivity contribution is -0.156. The summed E-state index contributed by atoms with van der Waals surface area (Å²) in [4.78, 5) is 19.2. The minimum Gasteiger partial charge on any atom is -0.467 e. The molecule has 0 aliphatic rings. The number of rotatable bonds is 3. The van der Waals surface area contributed by atoms with E-state index < -0.39 is 18.2 Å². The fourth-order valence-electron chi connectivity index (χ4n) is 1.62. The third-order valence-electron chi connectivity index (χ3n) is 2.62. The highest BCUT2D eigenvalue weighted by atomic mass is 35.5. The predicted molar refractivity (Wildman–Crippen MR) is 67.5 cm³/mol. The van der Waals surface area contributed by atoms with Crippen molar-refractivity contribution < 1.29 is 19.7 Å². The van der Waals surface area contributed by atoms with Crippen LogP contribution >= 0.6 is 11.6 Å². The number of esters is 1. The molecule has 19 heavy (non-hydrogen) atoms. The van der Waals surface area contributed by atoms with Gasteiger partial charge in [0.15, 0.2) is 6.10 Å². The van der Waals surface area contributed by atoms with Gasteiger partial charge in [0.25, 0.3) is 0 Å². The smallest absolute Gasteiger partial charge is 0.337 e. The number of aromatic nitrogens is 2. The van der Waals surface area contributed by atoms with Crippen LogP contribution in [0.15, 0.2) is 24.4 Å². The summed E-state index contributed by atoms with van der Waals surface area (Å²) in [6.45, 7) is 0. The summed E-state index contributed by atoms with van der Waals surface area (Å²) in [5.41, 5.74) is 1.37. The van der Waals surface area contributed by atoms with E-state index in [0.29, 0.717) is 16.6 Å². The molecule has 2 rings (SSSR count). The van der Waals surface area contributed by atoms with Crippen molar-refractivity contribution in [1.29, 1.82) is 0 Å². The van der Waals surface area contributed by atoms with Crippen LogP contribution in [0.1, 0.15) is 11.7 Å². The number of carbonyl (C=O) groups is 1. The lowest BCUT2D eigenvalue weighted by Crippen LogP contribution is -2.29. The third kappa shape index (κ3) is 2.81. The molecule has 2 aromatic rings. The van der Waals surface area contributed by atoms with Crippen LogP contribution in [0, 0.1) is 0 Å². The van der Waals surface area contributed by atoms with E-state index in [2.05, 4.69) is 14.7 Å². The lowest BCUT2D eigenvalue weighted by Gasteiger charge is -2.16. The second kappa shape index (κ2) is 5.48. The van der Waals surface area contributed by atoms with Crippen molar-refractivity contribution in [1.82, 2.24) is 9.97 Å². The van der Waals surface area contributed by atoms with Crippen LogP contribution in [0.25, 0.3) is 11.0 Å². The first kappa shape index (κ1) is 13.7. The number of hydrogen-bond donors (Lipinski definition) is 2. The highest BCUT2D eigenvalue weighted by molar-refractivity contribution is 6.29. The van der Waals surface area contributed by atoms with Gasteiger partial charge < -0.3 is 14.9 Å². The van der Waals surface area contributed by atoms with Gasteiger partial charge >= 0.3 is 5.97 Å². The largest absolute Gasteiger partial charge is 0.467 e. The molecule has 0 fully saturated rings. The Balaban J connectivity index is 2.37. The Bertz CT molecular complexity index is 620. The van der Waals surface area contributed by atoms with Crippen LogP contribution in [0.3, 0.4) is 0 Å². The maximum Gasteiger partial charge on any atom is 0.337 e. The van der Waals surface area contributed by atoms with Crippen LogP contribution in [0.4, 0.5) is 0 Å². The highest BCUT2D eigenvalue weighted by Gasteiger charge is 2.26. The van der Waals surface area contributed by atoms with Gasteiger partial charge in [-0.2, -0.15) is 0 Å². The Labute approximate surface area is 113 Å². The van der Waals surface area contributed by atoms with Gasteiger partial charge in [0.2, 0.25) is 0 Å². The Morgan fingerprint density at radius 2 is 2.11 bits per heavy atom. The molecule has 1 aromatic heterocycles. The molecule has 2 unspecified atom stereocenters. The molecule has 0 spiro atoms. The maximum atomic E-state index is 11.2. The summed E-state index contributed by atoms with van der Waals surface area (Å²) in [6.07, 6.45) is -1.66. The molecule has 2 N–H and O–H groups in total. The summed E-state index contributed by atoms with van der Waals surface area (Å²) in [5.74, 6) is -0.912. The summed E-state index contributed by atoms with van der Waals surface area (Å²) < 4.78 is 4.36. The number of aliphatic hydroxyl groups is 2. The zero-order valence-electron chi connectivity index (χ0n) is 9.95. The molecule has 0 saturated heterocycles. The molecule has 2 atom stereocenters. The van der Waals surface area contributed by atoms with Gasteiger partial charge in [-0.15, -0.1) is 0 Å². The van der Waals surface area contributed by atoms with Crippen molar-refractivity contribution in [2.75, 3.05) is 7.11 Å². The number of benzene rings is 1. The summed E-state index contributed by atoms with van der Waals surface area (Å²) in [6, 6.07) is 4.66. The van der Waals surface area contributed by atoms with E-state index in [9.17, 15) is 15.0 Å². The average Bonchev–Trinajstić information content (AvgIpc) is 2.43. The van der Waals surface area contributed by atoms with E-state index in [4.69, 9.17) is 11.6 Å². The van der Waals surface area contributed by atoms with E-state index in [0.717, 1.165) is 7.11 Å². The minimum atomic E-state index is -1.66. The van der Waals surface area contributed by atoms with Crippen molar-refractivity contribution in [2.45, 2.75) is 12.2 Å². The minimum absolute atomic E-state index is 0.215. The molecule has 0 amide bonds. The van der Waals surface area contributed by atoms with Crippen LogP contribution < -0.4 is 0 Å². The molecular weight excluding hydrogens is 272 g/mol. The topological polar surface area (TPSA) is 92.5 Å². The fourth-order valence-corrected chi connectivity index (χ4v) is 1.76. The van der Waals surface area contributed by atoms with Crippen molar-refractivity contribution in [3.8, 4) is 0 Å². The maximum absolute atomic E-state index is 11.2. The molecule has 1 aromatic carbocycles. The van der Waals surface area contributed by atoms with Crippen molar-refractivity contribution in [3.05, 3.63) is 35.1 Å². The van der Waals surface area contributed by atoms with E-state index in [1.165, 1.54) is 12.3 Å². The van der Waals surface area contributed by atoms with Crippen LogP contribution in [0.2, 0.25) is 5.15 Å². The van der Waals surface area contributed by atoms with Gasteiger partial charge in [0, 0.05) is 0 Å². The first-order valence-corrected chi connectivity index (χ1v) is 5.77. The van der Waals surface area contributed by atoms with Crippen molar-refractivity contribution >= 4 is 28.6 Å². The first-order valence-electron chi connectivity index (χ1n) is 5.39. The predicted octanol–water partition coefficient (Wildman–Crippen LogP) is 0.850. The number of carbonyl (C=O) groups excluding carboxylic acids is 1. The SMILES string of the molecule is COC(=O)C(O)C(O)c1ccc2ncc(Cl)nc2c1. The van der Waals surface area contributed by atoms with E-state index in [-0.39, 0.29) is 5.15 Å². The van der Waals surface area contributed by atoms with Gasteiger partial charge in [0.1, 0.15) is 11.3 Å². The summed E-state index contributed by atoms with van der Waals surface area (Å²) >= 11 is 5.73. The molecule has 0 saturated carbocycles. The van der Waals surface area contributed by atoms with Crippen LogP contribution in [-0.4, -0.2) is 39.4 Å². The van der Waals surface area contributed by atoms with E-state index in [1.54, 1.807) is 12.1 Å². The molecular formula is C12H11ClN2O4. The zero-order chi connectivity index (χ0) is 14.0. The Kier molecular flexibility index (Phi) is 3.94.